The summed E-state index contributed by atoms with van der Waals surface area (Å²) in [6, 6.07) is 15.1. The zero-order chi connectivity index (χ0) is 21.6. The van der Waals surface area contributed by atoms with E-state index < -0.39 is 0 Å². The molecule has 162 valence electrons. The van der Waals surface area contributed by atoms with E-state index >= 15 is 0 Å². The van der Waals surface area contributed by atoms with Crippen LogP contribution >= 0.6 is 0 Å². The number of amides is 1. The number of rotatable bonds is 8. The number of anilines is 1. The molecule has 1 heterocycles. The topological polar surface area (TPSA) is 73.6 Å². The third-order valence-electron chi connectivity index (χ3n) is 5.60. The van der Waals surface area contributed by atoms with Crippen LogP contribution in [0.25, 0.3) is 0 Å². The number of carbonyl (C=O) groups excluding carboxylic acids is 1. The van der Waals surface area contributed by atoms with Gasteiger partial charge in [-0.1, -0.05) is 17.3 Å². The van der Waals surface area contributed by atoms with E-state index in [-0.39, 0.29) is 5.91 Å². The minimum atomic E-state index is -0.0612. The van der Waals surface area contributed by atoms with E-state index in [1.807, 2.05) is 62.4 Å². The summed E-state index contributed by atoms with van der Waals surface area (Å²) in [5, 5.41) is 6.87. The highest BCUT2D eigenvalue weighted by atomic mass is 16.5. The number of hydrogen-bond acceptors (Lipinski definition) is 5. The largest absolute Gasteiger partial charge is 0.490 e. The molecular weight excluding hydrogens is 392 g/mol. The Bertz CT molecular complexity index is 984. The minimum absolute atomic E-state index is 0.0612. The Morgan fingerprint density at radius 1 is 1.03 bits per heavy atom. The Morgan fingerprint density at radius 2 is 1.71 bits per heavy atom. The summed E-state index contributed by atoms with van der Waals surface area (Å²) in [7, 11) is 0. The molecule has 0 aliphatic heterocycles. The maximum atomic E-state index is 12.4. The van der Waals surface area contributed by atoms with E-state index in [9.17, 15) is 4.79 Å². The van der Waals surface area contributed by atoms with Gasteiger partial charge < -0.3 is 19.3 Å². The van der Waals surface area contributed by atoms with E-state index in [2.05, 4.69) is 10.5 Å². The highest BCUT2D eigenvalue weighted by Gasteiger charge is 2.16. The number of benzene rings is 2. The summed E-state index contributed by atoms with van der Waals surface area (Å²) < 4.78 is 16.9. The highest BCUT2D eigenvalue weighted by Crippen LogP contribution is 2.25. The number of hydrogen-bond donors (Lipinski definition) is 1. The molecule has 0 unspecified atom stereocenters. The number of nitrogens with one attached hydrogen (secondary N) is 1. The summed E-state index contributed by atoms with van der Waals surface area (Å²) in [5.74, 6) is 2.30. The number of aromatic nitrogens is 1. The second-order valence-corrected chi connectivity index (χ2v) is 8.01. The molecule has 0 bridgehead atoms. The molecule has 31 heavy (non-hydrogen) atoms. The van der Waals surface area contributed by atoms with E-state index in [0.29, 0.717) is 19.1 Å². The molecule has 1 aliphatic carbocycles. The molecule has 0 radical (unpaired) electrons. The smallest absolute Gasteiger partial charge is 0.228 e. The lowest BCUT2D eigenvalue weighted by molar-refractivity contribution is -0.115. The highest BCUT2D eigenvalue weighted by molar-refractivity contribution is 5.92. The van der Waals surface area contributed by atoms with Gasteiger partial charge >= 0.3 is 0 Å². The van der Waals surface area contributed by atoms with Crippen LogP contribution in [0.1, 0.15) is 48.3 Å². The number of ether oxygens (including phenoxy) is 2. The van der Waals surface area contributed by atoms with Gasteiger partial charge in [0.25, 0.3) is 0 Å². The van der Waals surface area contributed by atoms with Gasteiger partial charge in [0, 0.05) is 5.69 Å². The van der Waals surface area contributed by atoms with Crippen molar-refractivity contribution in [2.75, 3.05) is 5.32 Å². The van der Waals surface area contributed by atoms with Crippen molar-refractivity contribution in [1.29, 1.82) is 0 Å². The monoisotopic (exact) mass is 420 g/mol. The summed E-state index contributed by atoms with van der Waals surface area (Å²) in [5.41, 5.74) is 3.48. The van der Waals surface area contributed by atoms with Gasteiger partial charge in [-0.15, -0.1) is 0 Å². The normalized spacial score (nSPS) is 13.9. The average molecular weight is 421 g/mol. The fraction of sp³-hybridized carbons (Fsp3) is 0.360. The van der Waals surface area contributed by atoms with E-state index in [0.717, 1.165) is 52.6 Å². The van der Waals surface area contributed by atoms with Crippen molar-refractivity contribution in [3.05, 3.63) is 71.1 Å². The van der Waals surface area contributed by atoms with Crippen LogP contribution in [-0.2, 0) is 17.8 Å². The molecule has 0 saturated heterocycles. The molecule has 1 aliphatic rings. The van der Waals surface area contributed by atoms with Gasteiger partial charge in [-0.25, -0.2) is 0 Å². The zero-order valence-electron chi connectivity index (χ0n) is 18.0. The first kappa shape index (κ1) is 21.0. The van der Waals surface area contributed by atoms with Crippen LogP contribution in [0.15, 0.2) is 53.1 Å². The van der Waals surface area contributed by atoms with E-state index in [1.54, 1.807) is 0 Å². The summed E-state index contributed by atoms with van der Waals surface area (Å²) in [4.78, 5) is 12.4. The molecule has 1 saturated carbocycles. The second-order valence-electron chi connectivity index (χ2n) is 8.01. The molecule has 3 aromatic rings. The first-order chi connectivity index (χ1) is 15.1. The van der Waals surface area contributed by atoms with Crippen LogP contribution in [0.4, 0.5) is 5.69 Å². The maximum Gasteiger partial charge on any atom is 0.228 e. The Labute approximate surface area is 182 Å². The van der Waals surface area contributed by atoms with Gasteiger partial charge in [0.1, 0.15) is 23.9 Å². The lowest BCUT2D eigenvalue weighted by Crippen LogP contribution is -2.14. The lowest BCUT2D eigenvalue weighted by Gasteiger charge is -2.13. The third kappa shape index (κ3) is 5.66. The zero-order valence-corrected chi connectivity index (χ0v) is 18.0. The fourth-order valence-corrected chi connectivity index (χ4v) is 3.77. The van der Waals surface area contributed by atoms with Crippen LogP contribution in [0.5, 0.6) is 11.5 Å². The molecule has 0 spiro atoms. The van der Waals surface area contributed by atoms with Gasteiger partial charge in [-0.2, -0.15) is 0 Å². The lowest BCUT2D eigenvalue weighted by atomic mass is 10.1. The fourth-order valence-electron chi connectivity index (χ4n) is 3.77. The molecule has 1 amide bonds. The maximum absolute atomic E-state index is 12.4. The van der Waals surface area contributed by atoms with Crippen molar-refractivity contribution < 1.29 is 18.8 Å². The van der Waals surface area contributed by atoms with E-state index in [4.69, 9.17) is 14.0 Å². The van der Waals surface area contributed by atoms with Crippen molar-refractivity contribution >= 4 is 11.6 Å². The molecule has 6 heteroatoms. The van der Waals surface area contributed by atoms with Crippen molar-refractivity contribution in [2.24, 2.45) is 0 Å². The number of carbonyl (C=O) groups is 1. The quantitative estimate of drug-likeness (QED) is 0.530. The van der Waals surface area contributed by atoms with Crippen molar-refractivity contribution in [2.45, 2.75) is 58.7 Å². The number of aryl methyl sites for hydroxylation is 2. The van der Waals surface area contributed by atoms with Crippen molar-refractivity contribution in [3.63, 3.8) is 0 Å². The SMILES string of the molecule is Cc1noc(C)c1COc1ccc(CC(=O)Nc2ccc(OC3CCCC3)cc2)cc1. The first-order valence-corrected chi connectivity index (χ1v) is 10.8. The summed E-state index contributed by atoms with van der Waals surface area (Å²) in [6.07, 6.45) is 5.37. The van der Waals surface area contributed by atoms with Gasteiger partial charge in [0.15, 0.2) is 0 Å². The van der Waals surface area contributed by atoms with Crippen LogP contribution in [-0.4, -0.2) is 17.2 Å². The average Bonchev–Trinajstić information content (AvgIpc) is 3.39. The summed E-state index contributed by atoms with van der Waals surface area (Å²) >= 11 is 0. The molecule has 1 fully saturated rings. The van der Waals surface area contributed by atoms with Crippen molar-refractivity contribution in [1.82, 2.24) is 5.16 Å². The number of nitrogens with zero attached hydrogens (tertiary/aromatic N) is 1. The molecule has 2 aromatic carbocycles. The second kappa shape index (κ2) is 9.69. The molecule has 1 aromatic heterocycles. The van der Waals surface area contributed by atoms with Crippen molar-refractivity contribution in [3.8, 4) is 11.5 Å². The molecule has 6 nitrogen and oxygen atoms in total. The van der Waals surface area contributed by atoms with Crippen LogP contribution in [0.3, 0.4) is 0 Å². The van der Waals surface area contributed by atoms with Gasteiger partial charge in [0.2, 0.25) is 5.91 Å². The summed E-state index contributed by atoms with van der Waals surface area (Å²) in [6.45, 7) is 4.17. The molecule has 0 atom stereocenters. The molecular formula is C25H28N2O4. The van der Waals surface area contributed by atoms with Gasteiger partial charge in [0.05, 0.1) is 23.8 Å². The van der Waals surface area contributed by atoms with Crippen LogP contribution in [0.2, 0.25) is 0 Å². The Balaban J connectivity index is 1.25. The van der Waals surface area contributed by atoms with Crippen LogP contribution < -0.4 is 14.8 Å². The Kier molecular flexibility index (Phi) is 6.55. The molecule has 4 rings (SSSR count). The standard InChI is InChI=1S/C25H28N2O4/c1-17-24(18(2)31-27-17)16-29-21-11-7-19(8-12-21)15-25(28)26-20-9-13-23(14-10-20)30-22-5-3-4-6-22/h7-14,22H,3-6,15-16H2,1-2H3,(H,26,28). The van der Waals surface area contributed by atoms with E-state index in [1.165, 1.54) is 12.8 Å². The van der Waals surface area contributed by atoms with Gasteiger partial charge in [-0.3, -0.25) is 4.79 Å². The Hall–Kier alpha value is -3.28. The predicted molar refractivity (Wildman–Crippen MR) is 118 cm³/mol. The first-order valence-electron chi connectivity index (χ1n) is 10.8. The predicted octanol–water partition coefficient (Wildman–Crippen LogP) is 5.37. The molecule has 1 N–H and O–H groups in total. The Morgan fingerprint density at radius 3 is 2.35 bits per heavy atom. The van der Waals surface area contributed by atoms with Gasteiger partial charge in [-0.05, 0) is 81.5 Å². The van der Waals surface area contributed by atoms with Crippen LogP contribution in [0, 0.1) is 13.8 Å². The minimum Gasteiger partial charge on any atom is -0.490 e. The third-order valence-corrected chi connectivity index (χ3v) is 5.60.